The summed E-state index contributed by atoms with van der Waals surface area (Å²) < 4.78 is 4.83. The molecule has 0 spiro atoms. The van der Waals surface area contributed by atoms with Crippen LogP contribution in [-0.2, 0) is 19.1 Å². The Kier molecular flexibility index (Phi) is 5.19. The molecular weight excluding hydrogens is 196 g/mol. The number of hydrogen-bond donors (Lipinski definition) is 0. The van der Waals surface area contributed by atoms with E-state index in [2.05, 4.69) is 0 Å². The maximum atomic E-state index is 11.6. The van der Waals surface area contributed by atoms with Gasteiger partial charge in [0.1, 0.15) is 17.0 Å². The van der Waals surface area contributed by atoms with Crippen molar-refractivity contribution in [3.05, 3.63) is 0 Å². The first-order valence-corrected chi connectivity index (χ1v) is 5.02. The van der Waals surface area contributed by atoms with Crippen molar-refractivity contribution in [2.24, 2.45) is 5.41 Å². The molecule has 86 valence electrons. The first kappa shape index (κ1) is 13.8. The molecule has 0 aliphatic carbocycles. The number of Topliss-reactive ketones (excluding diaryl/α,β-unsaturated/α-hetero) is 2. The molecule has 0 saturated carbocycles. The van der Waals surface area contributed by atoms with E-state index >= 15 is 0 Å². The van der Waals surface area contributed by atoms with Gasteiger partial charge in [-0.3, -0.25) is 9.59 Å². The van der Waals surface area contributed by atoms with E-state index in [9.17, 15) is 14.4 Å². The van der Waals surface area contributed by atoms with Crippen LogP contribution < -0.4 is 0 Å². The Balaban J connectivity index is 4.66. The summed E-state index contributed by atoms with van der Waals surface area (Å²) in [6.45, 7) is 6.23. The van der Waals surface area contributed by atoms with E-state index < -0.39 is 11.4 Å². The minimum Gasteiger partial charge on any atom is -0.465 e. The lowest BCUT2D eigenvalue weighted by molar-refractivity contribution is -0.159. The third-order valence-electron chi connectivity index (χ3n) is 2.48. The van der Waals surface area contributed by atoms with Crippen molar-refractivity contribution >= 4 is 17.5 Å². The average Bonchev–Trinajstić information content (AvgIpc) is 2.14. The van der Waals surface area contributed by atoms with Gasteiger partial charge in [-0.1, -0.05) is 0 Å². The lowest BCUT2D eigenvalue weighted by Gasteiger charge is -2.23. The minimum atomic E-state index is -1.18. The van der Waals surface area contributed by atoms with Crippen LogP contribution in [0.15, 0.2) is 0 Å². The van der Waals surface area contributed by atoms with Crippen LogP contribution in [0.5, 0.6) is 0 Å². The summed E-state index contributed by atoms with van der Waals surface area (Å²) in [5, 5.41) is 0. The first-order chi connectivity index (χ1) is 6.84. The number of ether oxygens (including phenoxy) is 1. The fourth-order valence-corrected chi connectivity index (χ4v) is 1.14. The third kappa shape index (κ3) is 3.81. The van der Waals surface area contributed by atoms with Crippen molar-refractivity contribution in [3.63, 3.8) is 0 Å². The van der Waals surface area contributed by atoms with Crippen LogP contribution in [0.3, 0.4) is 0 Å². The van der Waals surface area contributed by atoms with Crippen molar-refractivity contribution in [2.75, 3.05) is 6.61 Å². The van der Waals surface area contributed by atoms with Crippen molar-refractivity contribution in [1.82, 2.24) is 0 Å². The topological polar surface area (TPSA) is 60.4 Å². The standard InChI is InChI=1S/C11H18O4/c1-5-15-10(14)11(4,9(3)13)7-6-8(2)12/h5-7H2,1-4H3/t11-/m1/s1. The van der Waals surface area contributed by atoms with Gasteiger partial charge in [0.2, 0.25) is 0 Å². The molecule has 0 radical (unpaired) electrons. The van der Waals surface area contributed by atoms with Gasteiger partial charge in [0.05, 0.1) is 6.61 Å². The molecule has 0 bridgehead atoms. The second-order valence-corrected chi connectivity index (χ2v) is 3.81. The zero-order valence-corrected chi connectivity index (χ0v) is 9.75. The molecule has 0 rings (SSSR count). The highest BCUT2D eigenvalue weighted by Crippen LogP contribution is 2.26. The highest BCUT2D eigenvalue weighted by Gasteiger charge is 2.39. The van der Waals surface area contributed by atoms with Gasteiger partial charge in [0.15, 0.2) is 0 Å². The Bertz CT molecular complexity index is 270. The van der Waals surface area contributed by atoms with Gasteiger partial charge in [-0.15, -0.1) is 0 Å². The molecule has 0 aromatic rings. The zero-order chi connectivity index (χ0) is 12.1. The number of ketones is 2. The number of carbonyl (C=O) groups excluding carboxylic acids is 3. The van der Waals surface area contributed by atoms with Crippen LogP contribution in [0.4, 0.5) is 0 Å². The molecule has 0 aromatic carbocycles. The van der Waals surface area contributed by atoms with Gasteiger partial charge in [-0.25, -0.2) is 0 Å². The summed E-state index contributed by atoms with van der Waals surface area (Å²) in [7, 11) is 0. The van der Waals surface area contributed by atoms with Crippen LogP contribution in [0.1, 0.15) is 40.5 Å². The molecule has 0 fully saturated rings. The number of hydrogen-bond acceptors (Lipinski definition) is 4. The molecule has 15 heavy (non-hydrogen) atoms. The normalized spacial score (nSPS) is 14.1. The monoisotopic (exact) mass is 214 g/mol. The second-order valence-electron chi connectivity index (χ2n) is 3.81. The van der Waals surface area contributed by atoms with E-state index in [-0.39, 0.29) is 31.0 Å². The van der Waals surface area contributed by atoms with E-state index in [0.717, 1.165) is 0 Å². The summed E-state index contributed by atoms with van der Waals surface area (Å²) in [6, 6.07) is 0. The average molecular weight is 214 g/mol. The van der Waals surface area contributed by atoms with Gasteiger partial charge in [-0.05, 0) is 34.1 Å². The molecular formula is C11H18O4. The van der Waals surface area contributed by atoms with Crippen molar-refractivity contribution in [2.45, 2.75) is 40.5 Å². The van der Waals surface area contributed by atoms with Crippen molar-refractivity contribution < 1.29 is 19.1 Å². The number of esters is 1. The fraction of sp³-hybridized carbons (Fsp3) is 0.727. The first-order valence-electron chi connectivity index (χ1n) is 5.02. The molecule has 1 atom stereocenters. The summed E-state index contributed by atoms with van der Waals surface area (Å²) in [5.41, 5.74) is -1.18. The van der Waals surface area contributed by atoms with Crippen LogP contribution in [0, 0.1) is 5.41 Å². The smallest absolute Gasteiger partial charge is 0.319 e. The molecule has 0 aliphatic rings. The fourth-order valence-electron chi connectivity index (χ4n) is 1.14. The predicted octanol–water partition coefficient (Wildman–Crippen LogP) is 1.51. The minimum absolute atomic E-state index is 0.0354. The maximum absolute atomic E-state index is 11.6. The summed E-state index contributed by atoms with van der Waals surface area (Å²) in [4.78, 5) is 33.8. The lowest BCUT2D eigenvalue weighted by Crippen LogP contribution is -2.37. The van der Waals surface area contributed by atoms with Crippen LogP contribution in [0.25, 0.3) is 0 Å². The molecule has 0 heterocycles. The van der Waals surface area contributed by atoms with Gasteiger partial charge < -0.3 is 9.53 Å². The van der Waals surface area contributed by atoms with Crippen molar-refractivity contribution in [3.8, 4) is 0 Å². The Hall–Kier alpha value is -1.19. The molecule has 0 N–H and O–H groups in total. The molecule has 4 nitrogen and oxygen atoms in total. The largest absolute Gasteiger partial charge is 0.465 e. The summed E-state index contributed by atoms with van der Waals surface area (Å²) in [5.74, 6) is -0.840. The molecule has 0 aromatic heterocycles. The van der Waals surface area contributed by atoms with Crippen LogP contribution in [-0.4, -0.2) is 24.1 Å². The SMILES string of the molecule is CCOC(=O)[C@](C)(CCC(C)=O)C(C)=O. The molecule has 4 heteroatoms. The quantitative estimate of drug-likeness (QED) is 0.496. The van der Waals surface area contributed by atoms with E-state index in [0.29, 0.717) is 0 Å². The van der Waals surface area contributed by atoms with E-state index in [1.54, 1.807) is 6.92 Å². The zero-order valence-electron chi connectivity index (χ0n) is 9.75. The molecule has 0 aliphatic heterocycles. The molecule has 0 amide bonds. The molecule has 0 saturated heterocycles. The number of rotatable bonds is 6. The Morgan fingerprint density at radius 2 is 1.73 bits per heavy atom. The van der Waals surface area contributed by atoms with Gasteiger partial charge in [-0.2, -0.15) is 0 Å². The van der Waals surface area contributed by atoms with E-state index in [1.165, 1.54) is 20.8 Å². The Morgan fingerprint density at radius 1 is 1.20 bits per heavy atom. The predicted molar refractivity (Wildman–Crippen MR) is 55.3 cm³/mol. The highest BCUT2D eigenvalue weighted by molar-refractivity contribution is 6.02. The van der Waals surface area contributed by atoms with Crippen LogP contribution >= 0.6 is 0 Å². The molecule has 0 unspecified atom stereocenters. The summed E-state index contributed by atoms with van der Waals surface area (Å²) >= 11 is 0. The Labute approximate surface area is 90.0 Å². The van der Waals surface area contributed by atoms with E-state index in [1.807, 2.05) is 0 Å². The maximum Gasteiger partial charge on any atom is 0.319 e. The van der Waals surface area contributed by atoms with E-state index in [4.69, 9.17) is 4.74 Å². The Morgan fingerprint density at radius 3 is 2.07 bits per heavy atom. The van der Waals surface area contributed by atoms with Crippen LogP contribution in [0.2, 0.25) is 0 Å². The summed E-state index contributed by atoms with van der Waals surface area (Å²) in [6.07, 6.45) is 0.436. The highest BCUT2D eigenvalue weighted by atomic mass is 16.5. The van der Waals surface area contributed by atoms with Crippen molar-refractivity contribution in [1.29, 1.82) is 0 Å². The van der Waals surface area contributed by atoms with Gasteiger partial charge in [0.25, 0.3) is 0 Å². The lowest BCUT2D eigenvalue weighted by atomic mass is 9.81. The van der Waals surface area contributed by atoms with Gasteiger partial charge in [0, 0.05) is 6.42 Å². The second kappa shape index (κ2) is 5.63. The third-order valence-corrected chi connectivity index (χ3v) is 2.48. The number of carbonyl (C=O) groups is 3. The van der Waals surface area contributed by atoms with Gasteiger partial charge >= 0.3 is 5.97 Å².